The Bertz CT molecular complexity index is 504. The molecule has 0 bridgehead atoms. The highest BCUT2D eigenvalue weighted by Gasteiger charge is 2.17. The maximum Gasteiger partial charge on any atom is 0.105 e. The molecule has 3 nitrogen and oxygen atoms in total. The van der Waals surface area contributed by atoms with Crippen molar-refractivity contribution in [2.24, 2.45) is 7.05 Å². The normalized spacial score (nSPS) is 14.4. The van der Waals surface area contributed by atoms with Crippen LogP contribution in [0, 0.1) is 6.92 Å². The third-order valence-corrected chi connectivity index (χ3v) is 3.54. The van der Waals surface area contributed by atoms with E-state index >= 15 is 0 Å². The highest BCUT2D eigenvalue weighted by Crippen LogP contribution is 2.27. The van der Waals surface area contributed by atoms with Crippen molar-refractivity contribution in [3.8, 4) is 0 Å². The first-order chi connectivity index (χ1) is 8.59. The van der Waals surface area contributed by atoms with Crippen molar-refractivity contribution in [3.63, 3.8) is 0 Å². The molecule has 0 amide bonds. The Hall–Kier alpha value is -1.61. The van der Waals surface area contributed by atoms with E-state index in [1.54, 1.807) is 6.20 Å². The highest BCUT2D eigenvalue weighted by molar-refractivity contribution is 5.19. The van der Waals surface area contributed by atoms with Crippen LogP contribution in [0.3, 0.4) is 0 Å². The van der Waals surface area contributed by atoms with Gasteiger partial charge in [-0.1, -0.05) is 37.3 Å². The van der Waals surface area contributed by atoms with Crippen LogP contribution in [-0.2, 0) is 7.05 Å². The molecular weight excluding hydrogens is 224 g/mol. The van der Waals surface area contributed by atoms with Crippen LogP contribution >= 0.6 is 0 Å². The number of nitrogens with zero attached hydrogens (tertiary/aromatic N) is 2. The second-order valence-electron chi connectivity index (χ2n) is 4.85. The molecule has 1 heterocycles. The lowest BCUT2D eigenvalue weighted by Gasteiger charge is -2.17. The Morgan fingerprint density at radius 1 is 1.28 bits per heavy atom. The van der Waals surface area contributed by atoms with Gasteiger partial charge in [-0.25, -0.2) is 4.98 Å². The molecule has 1 N–H and O–H groups in total. The average Bonchev–Trinajstić information content (AvgIpc) is 2.71. The number of aliphatic hydroxyl groups excluding tert-OH is 1. The molecule has 1 aromatic heterocycles. The lowest BCUT2D eigenvalue weighted by molar-refractivity contribution is 0.151. The van der Waals surface area contributed by atoms with Gasteiger partial charge in [-0.15, -0.1) is 0 Å². The van der Waals surface area contributed by atoms with E-state index in [9.17, 15) is 5.11 Å². The second kappa shape index (κ2) is 5.36. The Labute approximate surface area is 108 Å². The van der Waals surface area contributed by atoms with E-state index in [2.05, 4.69) is 24.0 Å². The van der Waals surface area contributed by atoms with Gasteiger partial charge in [0.15, 0.2) is 0 Å². The first kappa shape index (κ1) is 12.8. The van der Waals surface area contributed by atoms with Gasteiger partial charge < -0.3 is 9.67 Å². The monoisotopic (exact) mass is 244 g/mol. The molecule has 18 heavy (non-hydrogen) atoms. The fourth-order valence-electron chi connectivity index (χ4n) is 2.20. The molecule has 0 aliphatic rings. The lowest BCUT2D eigenvalue weighted by Crippen LogP contribution is -2.08. The number of imidazole rings is 1. The molecule has 0 aliphatic carbocycles. The molecule has 2 rings (SSSR count). The molecular formula is C15H20N2O. The zero-order chi connectivity index (χ0) is 13.1. The van der Waals surface area contributed by atoms with E-state index in [1.165, 1.54) is 5.56 Å². The Kier molecular flexibility index (Phi) is 3.82. The van der Waals surface area contributed by atoms with Crippen LogP contribution in [0.2, 0.25) is 0 Å². The van der Waals surface area contributed by atoms with Gasteiger partial charge in [0.05, 0.1) is 18.0 Å². The van der Waals surface area contributed by atoms with Crippen LogP contribution in [0.1, 0.15) is 42.4 Å². The van der Waals surface area contributed by atoms with Gasteiger partial charge in [-0.2, -0.15) is 0 Å². The summed E-state index contributed by atoms with van der Waals surface area (Å²) < 4.78 is 1.95. The summed E-state index contributed by atoms with van der Waals surface area (Å²) in [6, 6.07) is 10.3. The Morgan fingerprint density at radius 2 is 1.94 bits per heavy atom. The summed E-state index contributed by atoms with van der Waals surface area (Å²) in [6.45, 7) is 4.08. The number of aromatic nitrogens is 2. The van der Waals surface area contributed by atoms with Gasteiger partial charge >= 0.3 is 0 Å². The molecule has 0 saturated carbocycles. The zero-order valence-electron chi connectivity index (χ0n) is 11.2. The van der Waals surface area contributed by atoms with Crippen LogP contribution in [-0.4, -0.2) is 14.7 Å². The van der Waals surface area contributed by atoms with Crippen molar-refractivity contribution in [3.05, 3.63) is 53.6 Å². The molecule has 0 fully saturated rings. The van der Waals surface area contributed by atoms with Gasteiger partial charge in [0, 0.05) is 7.05 Å². The SMILES string of the molecule is Cc1ncc(C(O)CC(C)c2ccccc2)n1C. The Balaban J connectivity index is 2.08. The number of hydrogen-bond acceptors (Lipinski definition) is 2. The molecule has 2 unspecified atom stereocenters. The molecule has 0 saturated heterocycles. The standard InChI is InChI=1S/C15H20N2O/c1-11(13-7-5-4-6-8-13)9-15(18)14-10-16-12(2)17(14)3/h4-8,10-11,15,18H,9H2,1-3H3. The van der Waals surface area contributed by atoms with Crippen LogP contribution in [0.15, 0.2) is 36.5 Å². The summed E-state index contributed by atoms with van der Waals surface area (Å²) in [4.78, 5) is 4.22. The molecule has 1 aromatic carbocycles. The maximum absolute atomic E-state index is 10.3. The van der Waals surface area contributed by atoms with Crippen LogP contribution in [0.5, 0.6) is 0 Å². The topological polar surface area (TPSA) is 38.1 Å². The van der Waals surface area contributed by atoms with Crippen molar-refractivity contribution < 1.29 is 5.11 Å². The molecule has 0 radical (unpaired) electrons. The number of hydrogen-bond donors (Lipinski definition) is 1. The second-order valence-corrected chi connectivity index (χ2v) is 4.85. The predicted octanol–water partition coefficient (Wildman–Crippen LogP) is 2.96. The minimum atomic E-state index is -0.466. The van der Waals surface area contributed by atoms with Crippen molar-refractivity contribution in [1.82, 2.24) is 9.55 Å². The molecule has 96 valence electrons. The first-order valence-corrected chi connectivity index (χ1v) is 6.30. The van der Waals surface area contributed by atoms with Crippen LogP contribution < -0.4 is 0 Å². The summed E-state index contributed by atoms with van der Waals surface area (Å²) in [5.74, 6) is 1.26. The lowest BCUT2D eigenvalue weighted by atomic mass is 9.94. The summed E-state index contributed by atoms with van der Waals surface area (Å²) in [5, 5.41) is 10.3. The molecule has 0 spiro atoms. The summed E-state index contributed by atoms with van der Waals surface area (Å²) in [6.07, 6.45) is 2.01. The van der Waals surface area contributed by atoms with Gasteiger partial charge in [0.2, 0.25) is 0 Å². The molecule has 3 heteroatoms. The fraction of sp³-hybridized carbons (Fsp3) is 0.400. The van der Waals surface area contributed by atoms with Crippen molar-refractivity contribution in [1.29, 1.82) is 0 Å². The van der Waals surface area contributed by atoms with Crippen molar-refractivity contribution >= 4 is 0 Å². The quantitative estimate of drug-likeness (QED) is 0.898. The van der Waals surface area contributed by atoms with Crippen molar-refractivity contribution in [2.45, 2.75) is 32.3 Å². The maximum atomic E-state index is 10.3. The molecule has 2 aromatic rings. The number of aliphatic hydroxyl groups is 1. The van der Waals surface area contributed by atoms with E-state index in [4.69, 9.17) is 0 Å². The zero-order valence-corrected chi connectivity index (χ0v) is 11.2. The van der Waals surface area contributed by atoms with E-state index in [-0.39, 0.29) is 0 Å². The van der Waals surface area contributed by atoms with Gasteiger partial charge in [-0.3, -0.25) is 0 Å². The van der Waals surface area contributed by atoms with E-state index in [0.717, 1.165) is 11.5 Å². The van der Waals surface area contributed by atoms with E-state index in [0.29, 0.717) is 12.3 Å². The first-order valence-electron chi connectivity index (χ1n) is 6.30. The number of aryl methyl sites for hydroxylation is 1. The third kappa shape index (κ3) is 2.62. The van der Waals surface area contributed by atoms with Crippen LogP contribution in [0.4, 0.5) is 0 Å². The largest absolute Gasteiger partial charge is 0.387 e. The van der Waals surface area contributed by atoms with Gasteiger partial charge in [0.1, 0.15) is 5.82 Å². The summed E-state index contributed by atoms with van der Waals surface area (Å²) >= 11 is 0. The average molecular weight is 244 g/mol. The van der Waals surface area contributed by atoms with Gasteiger partial charge in [0.25, 0.3) is 0 Å². The molecule has 2 atom stereocenters. The smallest absolute Gasteiger partial charge is 0.105 e. The summed E-state index contributed by atoms with van der Waals surface area (Å²) in [7, 11) is 1.94. The minimum absolute atomic E-state index is 0.330. The minimum Gasteiger partial charge on any atom is -0.387 e. The van der Waals surface area contributed by atoms with Crippen LogP contribution in [0.25, 0.3) is 0 Å². The van der Waals surface area contributed by atoms with Crippen molar-refractivity contribution in [2.75, 3.05) is 0 Å². The number of benzene rings is 1. The molecule has 0 aliphatic heterocycles. The van der Waals surface area contributed by atoms with Gasteiger partial charge in [-0.05, 0) is 24.8 Å². The third-order valence-electron chi connectivity index (χ3n) is 3.54. The highest BCUT2D eigenvalue weighted by atomic mass is 16.3. The summed E-state index contributed by atoms with van der Waals surface area (Å²) in [5.41, 5.74) is 2.14. The predicted molar refractivity (Wildman–Crippen MR) is 72.4 cm³/mol. The van der Waals surface area contributed by atoms with E-state index in [1.807, 2.05) is 36.7 Å². The van der Waals surface area contributed by atoms with E-state index < -0.39 is 6.10 Å². The Morgan fingerprint density at radius 3 is 2.50 bits per heavy atom. The number of rotatable bonds is 4. The fourth-order valence-corrected chi connectivity index (χ4v) is 2.20.